The van der Waals surface area contributed by atoms with Crippen LogP contribution in [0.1, 0.15) is 6.92 Å². The number of ether oxygens (including phenoxy) is 3. The van der Waals surface area contributed by atoms with Crippen molar-refractivity contribution in [3.8, 4) is 0 Å². The molecule has 2 aliphatic rings. The maximum Gasteiger partial charge on any atom is 0.303 e. The molecule has 78 valence electrons. The number of hydrogen-bond acceptors (Lipinski definition) is 5. The molecule has 0 aromatic rings. The van der Waals surface area contributed by atoms with Crippen molar-refractivity contribution in [1.29, 1.82) is 0 Å². The van der Waals surface area contributed by atoms with Crippen LogP contribution in [0, 0.1) is 0 Å². The number of esters is 1. The second-order valence-corrected chi connectivity index (χ2v) is 4.56. The van der Waals surface area contributed by atoms with Crippen molar-refractivity contribution in [2.45, 2.75) is 29.3 Å². The first-order valence-electron chi connectivity index (χ1n) is 4.21. The lowest BCUT2D eigenvalue weighted by atomic mass is 10.1. The van der Waals surface area contributed by atoms with Gasteiger partial charge in [-0.3, -0.25) is 9.59 Å². The van der Waals surface area contributed by atoms with E-state index in [4.69, 9.17) is 14.2 Å². The molecule has 2 heterocycles. The van der Waals surface area contributed by atoms with Crippen LogP contribution in [0.5, 0.6) is 0 Å². The van der Waals surface area contributed by atoms with Crippen LogP contribution < -0.4 is 0 Å². The highest BCUT2D eigenvalue weighted by atomic mass is 127. The fourth-order valence-corrected chi connectivity index (χ4v) is 2.45. The number of ketones is 1. The molecule has 5 nitrogen and oxygen atoms in total. The number of fused-ring (bicyclic) bond motifs is 2. The van der Waals surface area contributed by atoms with E-state index in [1.165, 1.54) is 6.92 Å². The first kappa shape index (κ1) is 10.3. The van der Waals surface area contributed by atoms with Gasteiger partial charge in [0.2, 0.25) is 12.1 Å². The van der Waals surface area contributed by atoms with E-state index in [0.717, 1.165) is 0 Å². The summed E-state index contributed by atoms with van der Waals surface area (Å²) in [4.78, 5) is 22.3. The molecule has 2 rings (SSSR count). The number of rotatable bonds is 1. The third-order valence-electron chi connectivity index (χ3n) is 2.17. The minimum Gasteiger partial charge on any atom is -0.458 e. The average Bonchev–Trinajstić information content (AvgIpc) is 2.55. The van der Waals surface area contributed by atoms with Gasteiger partial charge in [-0.1, -0.05) is 22.6 Å². The zero-order chi connectivity index (χ0) is 10.3. The van der Waals surface area contributed by atoms with Gasteiger partial charge >= 0.3 is 5.97 Å². The highest BCUT2D eigenvalue weighted by Crippen LogP contribution is 2.31. The van der Waals surface area contributed by atoms with Crippen LogP contribution in [0.3, 0.4) is 0 Å². The van der Waals surface area contributed by atoms with Crippen LogP contribution in [0.15, 0.2) is 0 Å². The molecule has 2 saturated heterocycles. The SMILES string of the molecule is CC(=O)O[C@H]1C(I)C(=O)[C@@H]2OC[C@H]1O2. The fourth-order valence-electron chi connectivity index (χ4n) is 1.55. The van der Waals surface area contributed by atoms with E-state index >= 15 is 0 Å². The number of carbonyl (C=O) groups excluding carboxylic acids is 2. The van der Waals surface area contributed by atoms with E-state index in [-0.39, 0.29) is 15.8 Å². The molecule has 0 aromatic carbocycles. The predicted molar refractivity (Wildman–Crippen MR) is 53.0 cm³/mol. The molecule has 14 heavy (non-hydrogen) atoms. The fraction of sp³-hybridized carbons (Fsp3) is 0.750. The summed E-state index contributed by atoms with van der Waals surface area (Å²) in [6.45, 7) is 1.63. The molecule has 0 amide bonds. The Morgan fingerprint density at radius 3 is 3.00 bits per heavy atom. The third-order valence-corrected chi connectivity index (χ3v) is 3.49. The largest absolute Gasteiger partial charge is 0.458 e. The molecule has 2 fully saturated rings. The maximum absolute atomic E-state index is 11.5. The Morgan fingerprint density at radius 1 is 1.64 bits per heavy atom. The van der Waals surface area contributed by atoms with E-state index in [1.54, 1.807) is 0 Å². The average molecular weight is 312 g/mol. The molecule has 2 aliphatic heterocycles. The quantitative estimate of drug-likeness (QED) is 0.389. The normalized spacial score (nSPS) is 41.1. The Kier molecular flexibility index (Phi) is 2.76. The van der Waals surface area contributed by atoms with Gasteiger partial charge in [0, 0.05) is 6.92 Å². The van der Waals surface area contributed by atoms with Crippen LogP contribution in [0.4, 0.5) is 0 Å². The van der Waals surface area contributed by atoms with Crippen molar-refractivity contribution in [3.63, 3.8) is 0 Å². The zero-order valence-corrected chi connectivity index (χ0v) is 9.59. The topological polar surface area (TPSA) is 61.8 Å². The Labute approximate surface area is 94.2 Å². The molecule has 0 radical (unpaired) electrons. The minimum atomic E-state index is -0.756. The lowest BCUT2D eigenvalue weighted by Crippen LogP contribution is -2.50. The monoisotopic (exact) mass is 312 g/mol. The molecule has 1 unspecified atom stereocenters. The molecule has 0 aliphatic carbocycles. The van der Waals surface area contributed by atoms with Crippen molar-refractivity contribution in [3.05, 3.63) is 0 Å². The van der Waals surface area contributed by atoms with Gasteiger partial charge in [-0.25, -0.2) is 0 Å². The Morgan fingerprint density at radius 2 is 2.36 bits per heavy atom. The molecular formula is C8H9IO5. The van der Waals surface area contributed by atoms with Gasteiger partial charge in [-0.15, -0.1) is 0 Å². The van der Waals surface area contributed by atoms with E-state index in [9.17, 15) is 9.59 Å². The Bertz CT molecular complexity index is 279. The first-order chi connectivity index (χ1) is 6.59. The standard InChI is InChI=1S/C8H9IO5/c1-3(10)13-7-4-2-12-8(14-4)6(11)5(7)9/h4-5,7-8H,2H2,1H3/t4-,5?,7-,8-/m1/s1. The molecule has 0 N–H and O–H groups in total. The predicted octanol–water partition coefficient (Wildman–Crippen LogP) is 0.0459. The van der Waals surface area contributed by atoms with E-state index in [1.807, 2.05) is 22.6 Å². The summed E-state index contributed by atoms with van der Waals surface area (Å²) in [6.07, 6.45) is -1.57. The lowest BCUT2D eigenvalue weighted by molar-refractivity contribution is -0.171. The Balaban J connectivity index is 2.14. The van der Waals surface area contributed by atoms with Crippen molar-refractivity contribution < 1.29 is 23.8 Å². The van der Waals surface area contributed by atoms with Crippen LogP contribution in [0.2, 0.25) is 0 Å². The summed E-state index contributed by atoms with van der Waals surface area (Å²) in [7, 11) is 0. The molecule has 0 spiro atoms. The van der Waals surface area contributed by atoms with Gasteiger partial charge in [0.1, 0.15) is 16.1 Å². The Hall–Kier alpha value is -0.210. The summed E-state index contributed by atoms with van der Waals surface area (Å²) in [6, 6.07) is 0. The van der Waals surface area contributed by atoms with Gasteiger partial charge in [-0.2, -0.15) is 0 Å². The van der Waals surface area contributed by atoms with E-state index in [2.05, 4.69) is 0 Å². The molecule has 6 heteroatoms. The number of halogens is 1. The highest BCUT2D eigenvalue weighted by Gasteiger charge is 2.50. The summed E-state index contributed by atoms with van der Waals surface area (Å²) < 4.78 is 15.0. The van der Waals surface area contributed by atoms with Gasteiger partial charge < -0.3 is 14.2 Å². The summed E-state index contributed by atoms with van der Waals surface area (Å²) in [5, 5.41) is 0. The van der Waals surface area contributed by atoms with Gasteiger partial charge in [-0.05, 0) is 0 Å². The third kappa shape index (κ3) is 1.66. The van der Waals surface area contributed by atoms with Crippen molar-refractivity contribution in [2.24, 2.45) is 0 Å². The van der Waals surface area contributed by atoms with Gasteiger partial charge in [0.05, 0.1) is 6.61 Å². The van der Waals surface area contributed by atoms with E-state index < -0.39 is 18.4 Å². The van der Waals surface area contributed by atoms with Crippen LogP contribution in [-0.2, 0) is 23.8 Å². The lowest BCUT2D eigenvalue weighted by Gasteiger charge is -2.29. The minimum absolute atomic E-state index is 0.161. The van der Waals surface area contributed by atoms with Crippen LogP contribution >= 0.6 is 22.6 Å². The molecular weight excluding hydrogens is 303 g/mol. The van der Waals surface area contributed by atoms with Crippen molar-refractivity contribution in [1.82, 2.24) is 0 Å². The first-order valence-corrected chi connectivity index (χ1v) is 5.46. The van der Waals surface area contributed by atoms with Crippen molar-refractivity contribution in [2.75, 3.05) is 6.61 Å². The highest BCUT2D eigenvalue weighted by molar-refractivity contribution is 14.1. The summed E-state index contributed by atoms with van der Waals surface area (Å²) in [5.41, 5.74) is 0. The van der Waals surface area contributed by atoms with Gasteiger partial charge in [0.25, 0.3) is 0 Å². The summed E-state index contributed by atoms with van der Waals surface area (Å²) in [5.74, 6) is -0.566. The number of carbonyl (C=O) groups is 2. The second-order valence-electron chi connectivity index (χ2n) is 3.22. The van der Waals surface area contributed by atoms with Crippen LogP contribution in [0.25, 0.3) is 0 Å². The smallest absolute Gasteiger partial charge is 0.303 e. The zero-order valence-electron chi connectivity index (χ0n) is 7.44. The van der Waals surface area contributed by atoms with Crippen LogP contribution in [-0.4, -0.2) is 40.8 Å². The molecule has 2 bridgehead atoms. The second kappa shape index (κ2) is 3.74. The molecule has 4 atom stereocenters. The number of alkyl halides is 1. The van der Waals surface area contributed by atoms with E-state index in [0.29, 0.717) is 6.61 Å². The summed E-state index contributed by atoms with van der Waals surface area (Å²) >= 11 is 1.96. The number of hydrogen-bond donors (Lipinski definition) is 0. The molecule has 0 saturated carbocycles. The molecule has 0 aromatic heterocycles. The maximum atomic E-state index is 11.5. The van der Waals surface area contributed by atoms with Crippen molar-refractivity contribution >= 4 is 34.3 Å². The van der Waals surface area contributed by atoms with Gasteiger partial charge in [0.15, 0.2) is 0 Å². The number of Topliss-reactive ketones (excluding diaryl/α,β-unsaturated/α-hetero) is 1.